The van der Waals surface area contributed by atoms with E-state index in [1.54, 1.807) is 0 Å². The van der Waals surface area contributed by atoms with Crippen LogP contribution in [0.15, 0.2) is 17.1 Å². The number of unbranched alkanes of at least 4 members (excludes halogenated alkanes) is 5. The lowest BCUT2D eigenvalue weighted by Crippen LogP contribution is -2.52. The molecule has 0 saturated heterocycles. The highest BCUT2D eigenvalue weighted by Crippen LogP contribution is 2.19. The van der Waals surface area contributed by atoms with Gasteiger partial charge in [0.25, 0.3) is 0 Å². The molecule has 0 aromatic heterocycles. The van der Waals surface area contributed by atoms with Crippen molar-refractivity contribution in [2.24, 2.45) is 4.99 Å². The van der Waals surface area contributed by atoms with Crippen LogP contribution in [0.1, 0.15) is 65.2 Å². The Morgan fingerprint density at radius 3 is 2.57 bits per heavy atom. The number of allylic oxidation sites excluding steroid dienone is 2. The zero-order chi connectivity index (χ0) is 15.4. The summed E-state index contributed by atoms with van der Waals surface area (Å²) in [5.74, 6) is 1.34. The lowest BCUT2D eigenvalue weighted by Gasteiger charge is -2.33. The minimum Gasteiger partial charge on any atom is -0.390 e. The molecule has 1 aliphatic rings. The van der Waals surface area contributed by atoms with Crippen LogP contribution >= 0.6 is 0 Å². The van der Waals surface area contributed by atoms with Crippen molar-refractivity contribution < 1.29 is 9.59 Å². The summed E-state index contributed by atoms with van der Waals surface area (Å²) in [6.45, 7) is 8.65. The maximum Gasteiger partial charge on any atom is 0.198 e. The van der Waals surface area contributed by atoms with Crippen LogP contribution in [0, 0.1) is 0 Å². The first-order chi connectivity index (χ1) is 10.3. The van der Waals surface area contributed by atoms with Crippen LogP contribution in [-0.4, -0.2) is 48.2 Å². The third-order valence-electron chi connectivity index (χ3n) is 4.68. The van der Waals surface area contributed by atoms with Gasteiger partial charge in [-0.05, 0) is 32.6 Å². The van der Waals surface area contributed by atoms with Crippen molar-refractivity contribution in [1.82, 2.24) is 0 Å². The standard InChI is InChI=1S/C18H35N2O/c1-3-5-6-7-8-9-10-11-12-13-18-19-14-15-20(18,4-2)16-17-21/h5-6,21H,3-4,7-17H2,1-2H3/q+1/b6-5+. The summed E-state index contributed by atoms with van der Waals surface area (Å²) < 4.78 is 0.943. The van der Waals surface area contributed by atoms with E-state index >= 15 is 0 Å². The van der Waals surface area contributed by atoms with Gasteiger partial charge in [0.2, 0.25) is 0 Å². The molecule has 0 aromatic rings. The monoisotopic (exact) mass is 295 g/mol. The van der Waals surface area contributed by atoms with Crippen LogP contribution in [0.4, 0.5) is 0 Å². The Morgan fingerprint density at radius 2 is 1.86 bits per heavy atom. The van der Waals surface area contributed by atoms with E-state index in [9.17, 15) is 5.11 Å². The number of hydrogen-bond donors (Lipinski definition) is 1. The van der Waals surface area contributed by atoms with Crippen LogP contribution in [-0.2, 0) is 0 Å². The highest BCUT2D eigenvalue weighted by Gasteiger charge is 2.35. The van der Waals surface area contributed by atoms with E-state index in [1.807, 2.05) is 0 Å². The fourth-order valence-corrected chi connectivity index (χ4v) is 3.26. The average molecular weight is 295 g/mol. The number of hydrogen-bond acceptors (Lipinski definition) is 2. The molecule has 0 bridgehead atoms. The predicted molar refractivity (Wildman–Crippen MR) is 91.7 cm³/mol. The minimum absolute atomic E-state index is 0.276. The summed E-state index contributed by atoms with van der Waals surface area (Å²) in [6, 6.07) is 0. The molecule has 122 valence electrons. The second-order valence-electron chi connectivity index (χ2n) is 6.12. The fourth-order valence-electron chi connectivity index (χ4n) is 3.26. The molecule has 1 rings (SSSR count). The summed E-state index contributed by atoms with van der Waals surface area (Å²) in [5, 5.41) is 9.29. The molecule has 21 heavy (non-hydrogen) atoms. The van der Waals surface area contributed by atoms with Gasteiger partial charge in [-0.2, -0.15) is 0 Å². The SMILES string of the molecule is CC/C=C/CCCCCCCC1=NCC[N+]1(CC)CCO. The molecule has 0 saturated carbocycles. The van der Waals surface area contributed by atoms with Gasteiger partial charge in [0.05, 0.1) is 19.7 Å². The zero-order valence-electron chi connectivity index (χ0n) is 14.2. The Kier molecular flexibility index (Phi) is 9.60. The molecule has 0 aromatic carbocycles. The van der Waals surface area contributed by atoms with Gasteiger partial charge in [0, 0.05) is 6.42 Å². The number of likely N-dealkylation sites (N-methyl/N-ethyl adjacent to an activating group) is 1. The van der Waals surface area contributed by atoms with E-state index in [0.29, 0.717) is 0 Å². The number of rotatable bonds is 12. The Hall–Kier alpha value is -0.670. The molecule has 0 aliphatic carbocycles. The summed E-state index contributed by atoms with van der Waals surface area (Å²) in [7, 11) is 0. The van der Waals surface area contributed by atoms with Crippen LogP contribution in [0.2, 0.25) is 0 Å². The van der Waals surface area contributed by atoms with E-state index in [1.165, 1.54) is 44.4 Å². The number of aliphatic hydroxyl groups is 1. The average Bonchev–Trinajstić information content (AvgIpc) is 2.89. The smallest absolute Gasteiger partial charge is 0.198 e. The van der Waals surface area contributed by atoms with Crippen molar-refractivity contribution in [1.29, 1.82) is 0 Å². The number of aliphatic hydroxyl groups excluding tert-OH is 1. The molecule has 0 spiro atoms. The maximum atomic E-state index is 9.29. The Morgan fingerprint density at radius 1 is 1.10 bits per heavy atom. The third-order valence-corrected chi connectivity index (χ3v) is 4.68. The van der Waals surface area contributed by atoms with Gasteiger partial charge >= 0.3 is 0 Å². The van der Waals surface area contributed by atoms with Crippen molar-refractivity contribution in [3.8, 4) is 0 Å². The third kappa shape index (κ3) is 6.31. The van der Waals surface area contributed by atoms with Crippen molar-refractivity contribution in [2.45, 2.75) is 65.2 Å². The molecule has 1 atom stereocenters. The van der Waals surface area contributed by atoms with Gasteiger partial charge in [0.15, 0.2) is 5.84 Å². The number of amidine groups is 1. The highest BCUT2D eigenvalue weighted by molar-refractivity contribution is 5.76. The minimum atomic E-state index is 0.276. The van der Waals surface area contributed by atoms with Crippen LogP contribution in [0.25, 0.3) is 0 Å². The van der Waals surface area contributed by atoms with Gasteiger partial charge in [0.1, 0.15) is 13.1 Å². The van der Waals surface area contributed by atoms with E-state index in [2.05, 4.69) is 26.0 Å². The van der Waals surface area contributed by atoms with Crippen molar-refractivity contribution in [3.05, 3.63) is 12.2 Å². The Bertz CT molecular complexity index is 325. The fraction of sp³-hybridized carbons (Fsp3) is 0.833. The normalized spacial score (nSPS) is 22.1. The molecule has 1 unspecified atom stereocenters. The van der Waals surface area contributed by atoms with Crippen molar-refractivity contribution in [3.63, 3.8) is 0 Å². The molecule has 1 N–H and O–H groups in total. The van der Waals surface area contributed by atoms with Gasteiger partial charge in [-0.1, -0.05) is 38.3 Å². The largest absolute Gasteiger partial charge is 0.390 e. The molecule has 3 heteroatoms. The molecule has 1 aliphatic heterocycles. The summed E-state index contributed by atoms with van der Waals surface area (Å²) in [4.78, 5) is 4.72. The molecular formula is C18H35N2O+. The van der Waals surface area contributed by atoms with E-state index in [4.69, 9.17) is 4.99 Å². The Balaban J connectivity index is 2.13. The second-order valence-corrected chi connectivity index (χ2v) is 6.12. The lowest BCUT2D eigenvalue weighted by molar-refractivity contribution is -0.835. The van der Waals surface area contributed by atoms with E-state index in [0.717, 1.165) is 43.5 Å². The summed E-state index contributed by atoms with van der Waals surface area (Å²) in [6.07, 6.45) is 14.7. The number of quaternary nitrogens is 1. The van der Waals surface area contributed by atoms with Gasteiger partial charge in [-0.3, -0.25) is 4.48 Å². The molecule has 0 amide bonds. The van der Waals surface area contributed by atoms with Crippen LogP contribution < -0.4 is 0 Å². The first-order valence-electron chi connectivity index (χ1n) is 8.95. The van der Waals surface area contributed by atoms with Gasteiger partial charge < -0.3 is 5.11 Å². The van der Waals surface area contributed by atoms with Crippen molar-refractivity contribution >= 4 is 5.84 Å². The van der Waals surface area contributed by atoms with E-state index < -0.39 is 0 Å². The molecule has 0 radical (unpaired) electrons. The predicted octanol–water partition coefficient (Wildman–Crippen LogP) is 3.92. The van der Waals surface area contributed by atoms with Crippen LogP contribution in [0.5, 0.6) is 0 Å². The number of aliphatic imine (C=N–C) groups is 1. The molecule has 1 heterocycles. The zero-order valence-corrected chi connectivity index (χ0v) is 14.2. The van der Waals surface area contributed by atoms with E-state index in [-0.39, 0.29) is 6.61 Å². The molecule has 0 fully saturated rings. The summed E-state index contributed by atoms with van der Waals surface area (Å²) in [5.41, 5.74) is 0. The number of nitrogens with zero attached hydrogens (tertiary/aromatic N) is 2. The van der Waals surface area contributed by atoms with Gasteiger partial charge in [-0.25, -0.2) is 4.99 Å². The topological polar surface area (TPSA) is 32.6 Å². The maximum absolute atomic E-state index is 9.29. The highest BCUT2D eigenvalue weighted by atomic mass is 16.3. The first kappa shape index (κ1) is 18.4. The second kappa shape index (κ2) is 11.0. The summed E-state index contributed by atoms with van der Waals surface area (Å²) >= 11 is 0. The van der Waals surface area contributed by atoms with Gasteiger partial charge in [-0.15, -0.1) is 0 Å². The molecule has 3 nitrogen and oxygen atoms in total. The first-order valence-corrected chi connectivity index (χ1v) is 8.95. The quantitative estimate of drug-likeness (QED) is 0.330. The Labute approximate surface area is 131 Å². The molecular weight excluding hydrogens is 260 g/mol. The van der Waals surface area contributed by atoms with Crippen molar-refractivity contribution in [2.75, 3.05) is 32.8 Å². The van der Waals surface area contributed by atoms with Crippen LogP contribution in [0.3, 0.4) is 0 Å². The lowest BCUT2D eigenvalue weighted by atomic mass is 10.1.